The van der Waals surface area contributed by atoms with Crippen LogP contribution in [0, 0.1) is 5.41 Å². The molecule has 20 heavy (non-hydrogen) atoms. The number of methoxy groups -OCH3 is 1. The maximum atomic E-state index is 6.18. The van der Waals surface area contributed by atoms with E-state index in [1.165, 1.54) is 55.0 Å². The van der Waals surface area contributed by atoms with Crippen LogP contribution in [0.15, 0.2) is 22.7 Å². The van der Waals surface area contributed by atoms with Crippen LogP contribution in [0.4, 0.5) is 0 Å². The van der Waals surface area contributed by atoms with Gasteiger partial charge >= 0.3 is 0 Å². The molecule has 112 valence electrons. The van der Waals surface area contributed by atoms with Crippen LogP contribution in [0.5, 0.6) is 5.75 Å². The number of ether oxygens (including phenoxy) is 1. The molecule has 1 fully saturated rings. The Labute approximate surface area is 131 Å². The highest BCUT2D eigenvalue weighted by atomic mass is 79.9. The molecule has 1 aliphatic carbocycles. The van der Waals surface area contributed by atoms with E-state index < -0.39 is 0 Å². The average Bonchev–Trinajstić information content (AvgIpc) is 2.44. The van der Waals surface area contributed by atoms with Gasteiger partial charge in [-0.3, -0.25) is 0 Å². The Morgan fingerprint density at radius 1 is 1.15 bits per heavy atom. The van der Waals surface area contributed by atoms with E-state index in [4.69, 9.17) is 10.5 Å². The van der Waals surface area contributed by atoms with Crippen molar-refractivity contribution in [1.82, 2.24) is 0 Å². The number of benzene rings is 1. The first-order chi connectivity index (χ1) is 9.69. The monoisotopic (exact) mass is 339 g/mol. The molecule has 1 aromatic rings. The minimum absolute atomic E-state index is 0.273. The van der Waals surface area contributed by atoms with Crippen LogP contribution < -0.4 is 10.5 Å². The highest BCUT2D eigenvalue weighted by molar-refractivity contribution is 9.10. The number of halogens is 1. The molecule has 0 spiro atoms. The second-order valence-corrected chi connectivity index (χ2v) is 6.96. The van der Waals surface area contributed by atoms with Gasteiger partial charge in [0, 0.05) is 4.47 Å². The Balaban J connectivity index is 2.19. The topological polar surface area (TPSA) is 35.2 Å². The van der Waals surface area contributed by atoms with Crippen molar-refractivity contribution < 1.29 is 4.74 Å². The van der Waals surface area contributed by atoms with Crippen LogP contribution in [0.25, 0.3) is 0 Å². The molecule has 2 nitrogen and oxygen atoms in total. The summed E-state index contributed by atoms with van der Waals surface area (Å²) in [5.74, 6) is 0.932. The summed E-state index contributed by atoms with van der Waals surface area (Å²) in [5.41, 5.74) is 7.78. The molecule has 0 bridgehead atoms. The van der Waals surface area contributed by atoms with Crippen LogP contribution in [0.1, 0.15) is 50.5 Å². The molecule has 0 atom stereocenters. The quantitative estimate of drug-likeness (QED) is 0.863. The van der Waals surface area contributed by atoms with E-state index in [0.717, 1.165) is 18.7 Å². The molecule has 1 aromatic carbocycles. The van der Waals surface area contributed by atoms with E-state index in [1.807, 2.05) is 6.07 Å². The molecule has 3 heteroatoms. The number of rotatable bonds is 4. The van der Waals surface area contributed by atoms with Gasteiger partial charge in [-0.05, 0) is 55.0 Å². The zero-order valence-electron chi connectivity index (χ0n) is 12.5. The lowest BCUT2D eigenvalue weighted by Crippen LogP contribution is -2.33. The summed E-state index contributed by atoms with van der Waals surface area (Å²) < 4.78 is 6.53. The molecule has 0 radical (unpaired) electrons. The standard InChI is InChI=1S/C17H26BrNO/c1-20-15-7-8-16(18)14(11-15)12-17(13-19)9-5-3-2-4-6-10-17/h7-8,11H,2-6,9-10,12-13,19H2,1H3. The lowest BCUT2D eigenvalue weighted by molar-refractivity contribution is 0.216. The first-order valence-corrected chi connectivity index (χ1v) is 8.51. The van der Waals surface area contributed by atoms with Crippen molar-refractivity contribution in [3.8, 4) is 5.75 Å². The fourth-order valence-corrected chi connectivity index (χ4v) is 3.71. The first kappa shape index (κ1) is 15.8. The van der Waals surface area contributed by atoms with Gasteiger partial charge in [-0.2, -0.15) is 0 Å². The second-order valence-electron chi connectivity index (χ2n) is 6.11. The second kappa shape index (κ2) is 7.46. The minimum atomic E-state index is 0.273. The van der Waals surface area contributed by atoms with Gasteiger partial charge in [0.15, 0.2) is 0 Å². The number of nitrogens with two attached hydrogens (primary N) is 1. The maximum Gasteiger partial charge on any atom is 0.119 e. The molecule has 0 saturated heterocycles. The third-order valence-electron chi connectivity index (χ3n) is 4.67. The van der Waals surface area contributed by atoms with Crippen molar-refractivity contribution in [1.29, 1.82) is 0 Å². The van der Waals surface area contributed by atoms with Gasteiger partial charge in [0.25, 0.3) is 0 Å². The van der Waals surface area contributed by atoms with E-state index in [2.05, 4.69) is 28.1 Å². The fraction of sp³-hybridized carbons (Fsp3) is 0.647. The summed E-state index contributed by atoms with van der Waals surface area (Å²) in [6.45, 7) is 0.788. The van der Waals surface area contributed by atoms with E-state index in [0.29, 0.717) is 0 Å². The summed E-state index contributed by atoms with van der Waals surface area (Å²) in [7, 11) is 1.72. The smallest absolute Gasteiger partial charge is 0.119 e. The van der Waals surface area contributed by atoms with Gasteiger partial charge in [0.05, 0.1) is 7.11 Å². The normalized spacial score (nSPS) is 19.1. The Hall–Kier alpha value is -0.540. The minimum Gasteiger partial charge on any atom is -0.497 e. The molecule has 1 saturated carbocycles. The van der Waals surface area contributed by atoms with E-state index in [1.54, 1.807) is 7.11 Å². The van der Waals surface area contributed by atoms with Crippen molar-refractivity contribution >= 4 is 15.9 Å². The van der Waals surface area contributed by atoms with E-state index >= 15 is 0 Å². The molecule has 2 N–H and O–H groups in total. The Morgan fingerprint density at radius 2 is 1.80 bits per heavy atom. The first-order valence-electron chi connectivity index (χ1n) is 7.72. The Morgan fingerprint density at radius 3 is 2.40 bits per heavy atom. The molecule has 0 unspecified atom stereocenters. The van der Waals surface area contributed by atoms with Gasteiger partial charge in [0.1, 0.15) is 5.75 Å². The Kier molecular flexibility index (Phi) is 5.91. The Bertz CT molecular complexity index is 425. The lowest BCUT2D eigenvalue weighted by Gasteiger charge is -2.35. The molecule has 1 aliphatic rings. The van der Waals surface area contributed by atoms with Crippen LogP contribution in [0.2, 0.25) is 0 Å². The number of hydrogen-bond donors (Lipinski definition) is 1. The van der Waals surface area contributed by atoms with Crippen LogP contribution in [-0.2, 0) is 6.42 Å². The van der Waals surface area contributed by atoms with Gasteiger partial charge in [0.2, 0.25) is 0 Å². The molecule has 0 aliphatic heterocycles. The zero-order valence-corrected chi connectivity index (χ0v) is 14.0. The van der Waals surface area contributed by atoms with Gasteiger partial charge in [-0.15, -0.1) is 0 Å². The molecule has 2 rings (SSSR count). The SMILES string of the molecule is COc1ccc(Br)c(CC2(CN)CCCCCCC2)c1. The zero-order chi connectivity index (χ0) is 14.4. The predicted molar refractivity (Wildman–Crippen MR) is 88.2 cm³/mol. The molecule has 0 heterocycles. The molecule has 0 aromatic heterocycles. The van der Waals surface area contributed by atoms with Crippen molar-refractivity contribution in [2.75, 3.05) is 13.7 Å². The van der Waals surface area contributed by atoms with E-state index in [9.17, 15) is 0 Å². The largest absolute Gasteiger partial charge is 0.497 e. The van der Waals surface area contributed by atoms with E-state index in [-0.39, 0.29) is 5.41 Å². The summed E-state index contributed by atoms with van der Waals surface area (Å²) in [6.07, 6.45) is 10.3. The van der Waals surface area contributed by atoms with Gasteiger partial charge in [-0.25, -0.2) is 0 Å². The summed E-state index contributed by atoms with van der Waals surface area (Å²) in [6, 6.07) is 6.24. The maximum absolute atomic E-state index is 6.18. The predicted octanol–water partition coefficient (Wildman–Crippen LogP) is 4.69. The molecule has 0 amide bonds. The highest BCUT2D eigenvalue weighted by Gasteiger charge is 2.29. The summed E-state index contributed by atoms with van der Waals surface area (Å²) in [5, 5.41) is 0. The van der Waals surface area contributed by atoms with Crippen molar-refractivity contribution in [2.24, 2.45) is 11.1 Å². The van der Waals surface area contributed by atoms with Gasteiger partial charge in [-0.1, -0.05) is 48.0 Å². The van der Waals surface area contributed by atoms with Crippen molar-refractivity contribution in [2.45, 2.75) is 51.4 Å². The summed E-state index contributed by atoms with van der Waals surface area (Å²) >= 11 is 3.68. The molecular formula is C17H26BrNO. The summed E-state index contributed by atoms with van der Waals surface area (Å²) in [4.78, 5) is 0. The fourth-order valence-electron chi connectivity index (χ4n) is 3.33. The van der Waals surface area contributed by atoms with Crippen molar-refractivity contribution in [3.05, 3.63) is 28.2 Å². The molecular weight excluding hydrogens is 314 g/mol. The van der Waals surface area contributed by atoms with Crippen LogP contribution >= 0.6 is 15.9 Å². The highest BCUT2D eigenvalue weighted by Crippen LogP contribution is 2.38. The third kappa shape index (κ3) is 3.98. The lowest BCUT2D eigenvalue weighted by atomic mass is 9.72. The van der Waals surface area contributed by atoms with Crippen molar-refractivity contribution in [3.63, 3.8) is 0 Å². The van der Waals surface area contributed by atoms with Crippen LogP contribution in [-0.4, -0.2) is 13.7 Å². The average molecular weight is 340 g/mol. The third-order valence-corrected chi connectivity index (χ3v) is 5.44. The van der Waals surface area contributed by atoms with Crippen LogP contribution in [0.3, 0.4) is 0 Å². The van der Waals surface area contributed by atoms with Gasteiger partial charge < -0.3 is 10.5 Å². The number of hydrogen-bond acceptors (Lipinski definition) is 2.